The zero-order chi connectivity index (χ0) is 14.2. The van der Waals surface area contributed by atoms with E-state index in [1.54, 1.807) is 17.0 Å². The Morgan fingerprint density at radius 1 is 1.50 bits per heavy atom. The molecule has 2 saturated carbocycles. The molecule has 5 heteroatoms. The molecule has 20 heavy (non-hydrogen) atoms. The van der Waals surface area contributed by atoms with Gasteiger partial charge in [0.05, 0.1) is 12.1 Å². The molecule has 110 valence electrons. The van der Waals surface area contributed by atoms with Crippen LogP contribution >= 0.6 is 0 Å². The lowest BCUT2D eigenvalue weighted by Gasteiger charge is -2.39. The zero-order valence-corrected chi connectivity index (χ0v) is 12.0. The maximum atomic E-state index is 12.4. The predicted molar refractivity (Wildman–Crippen MR) is 77.8 cm³/mol. The quantitative estimate of drug-likeness (QED) is 0.882. The Morgan fingerprint density at radius 2 is 2.30 bits per heavy atom. The van der Waals surface area contributed by atoms with Gasteiger partial charge in [0.25, 0.3) is 5.56 Å². The van der Waals surface area contributed by atoms with E-state index >= 15 is 0 Å². The second kappa shape index (κ2) is 5.20. The Bertz CT molecular complexity index is 538. The van der Waals surface area contributed by atoms with Crippen molar-refractivity contribution in [2.24, 2.45) is 5.92 Å². The minimum absolute atomic E-state index is 0.0524. The number of nitrogens with zero attached hydrogens (tertiary/aromatic N) is 2. The number of hydrogen-bond acceptors (Lipinski definition) is 4. The van der Waals surface area contributed by atoms with E-state index in [2.05, 4.69) is 17.2 Å². The molecule has 1 aromatic heterocycles. The molecule has 2 N–H and O–H groups in total. The second-order valence-electron chi connectivity index (χ2n) is 6.48. The second-order valence-corrected chi connectivity index (χ2v) is 6.48. The summed E-state index contributed by atoms with van der Waals surface area (Å²) in [6, 6.07) is 0.349. The number of aliphatic hydroxyl groups excluding tert-OH is 1. The number of aliphatic hydroxyl groups is 1. The highest BCUT2D eigenvalue weighted by Gasteiger charge is 2.35. The average Bonchev–Trinajstić information content (AvgIpc) is 3.26. The normalized spacial score (nSPS) is 30.2. The van der Waals surface area contributed by atoms with Gasteiger partial charge in [0.15, 0.2) is 5.82 Å². The molecule has 5 nitrogen and oxygen atoms in total. The number of rotatable bonds is 4. The minimum atomic E-state index is -0.382. The first-order valence-corrected chi connectivity index (χ1v) is 7.60. The molecule has 2 unspecified atom stereocenters. The first kappa shape index (κ1) is 13.6. The van der Waals surface area contributed by atoms with Crippen molar-refractivity contribution < 1.29 is 5.11 Å². The molecule has 3 rings (SSSR count). The van der Waals surface area contributed by atoms with Crippen LogP contribution in [0.3, 0.4) is 0 Å². The molecule has 0 aromatic carbocycles. The topological polar surface area (TPSA) is 67.2 Å². The third-order valence-corrected chi connectivity index (χ3v) is 4.59. The van der Waals surface area contributed by atoms with Crippen molar-refractivity contribution in [1.82, 2.24) is 9.55 Å². The Balaban J connectivity index is 1.85. The minimum Gasteiger partial charge on any atom is -0.394 e. The van der Waals surface area contributed by atoms with Gasteiger partial charge in [-0.15, -0.1) is 0 Å². The van der Waals surface area contributed by atoms with Crippen molar-refractivity contribution in [2.45, 2.75) is 57.0 Å². The van der Waals surface area contributed by atoms with Crippen LogP contribution in [0.2, 0.25) is 0 Å². The van der Waals surface area contributed by atoms with E-state index in [4.69, 9.17) is 0 Å². The number of hydrogen-bond donors (Lipinski definition) is 2. The molecular formula is C15H23N3O2. The first-order valence-electron chi connectivity index (χ1n) is 7.60. The standard InChI is InChI=1S/C15H23N3O2/c1-11-3-2-6-15(9-11,10-19)17-13-14(20)18(8-7-16-13)12-4-5-12/h7-8,11-12,19H,2-6,9-10H2,1H3,(H,16,17). The Morgan fingerprint density at radius 3 is 2.95 bits per heavy atom. The largest absolute Gasteiger partial charge is 0.394 e. The predicted octanol–water partition coefficient (Wildman–Crippen LogP) is 1.93. The molecule has 1 heterocycles. The lowest BCUT2D eigenvalue weighted by molar-refractivity contribution is 0.149. The SMILES string of the molecule is CC1CCCC(CO)(Nc2nccn(C3CC3)c2=O)C1. The highest BCUT2D eigenvalue weighted by molar-refractivity contribution is 5.36. The van der Waals surface area contributed by atoms with Gasteiger partial charge in [0, 0.05) is 18.4 Å². The Labute approximate surface area is 119 Å². The van der Waals surface area contributed by atoms with Crippen molar-refractivity contribution >= 4 is 5.82 Å². The van der Waals surface area contributed by atoms with Crippen LogP contribution in [-0.4, -0.2) is 26.8 Å². The number of aromatic nitrogens is 2. The summed E-state index contributed by atoms with van der Waals surface area (Å²) in [7, 11) is 0. The third-order valence-electron chi connectivity index (χ3n) is 4.59. The fourth-order valence-electron chi connectivity index (χ4n) is 3.36. The lowest BCUT2D eigenvalue weighted by atomic mass is 9.77. The molecule has 0 radical (unpaired) electrons. The van der Waals surface area contributed by atoms with Crippen molar-refractivity contribution in [3.05, 3.63) is 22.7 Å². The maximum absolute atomic E-state index is 12.4. The van der Waals surface area contributed by atoms with Gasteiger partial charge in [-0.25, -0.2) is 4.98 Å². The maximum Gasteiger partial charge on any atom is 0.293 e. The number of anilines is 1. The zero-order valence-electron chi connectivity index (χ0n) is 12.0. The van der Waals surface area contributed by atoms with E-state index in [9.17, 15) is 9.90 Å². The summed E-state index contributed by atoms with van der Waals surface area (Å²) < 4.78 is 1.77. The monoisotopic (exact) mass is 277 g/mol. The van der Waals surface area contributed by atoms with E-state index < -0.39 is 0 Å². The van der Waals surface area contributed by atoms with E-state index in [1.165, 1.54) is 6.42 Å². The Hall–Kier alpha value is -1.36. The van der Waals surface area contributed by atoms with Crippen LogP contribution in [0.4, 0.5) is 5.82 Å². The van der Waals surface area contributed by atoms with Gasteiger partial charge in [-0.05, 0) is 31.6 Å². The van der Waals surface area contributed by atoms with Gasteiger partial charge in [0.1, 0.15) is 0 Å². The summed E-state index contributed by atoms with van der Waals surface area (Å²) >= 11 is 0. The molecule has 0 spiro atoms. The highest BCUT2D eigenvalue weighted by atomic mass is 16.3. The highest BCUT2D eigenvalue weighted by Crippen LogP contribution is 2.35. The molecule has 2 atom stereocenters. The molecule has 0 aliphatic heterocycles. The summed E-state index contributed by atoms with van der Waals surface area (Å²) in [5.74, 6) is 0.959. The molecule has 1 aromatic rings. The third kappa shape index (κ3) is 2.59. The van der Waals surface area contributed by atoms with Gasteiger partial charge < -0.3 is 15.0 Å². The van der Waals surface area contributed by atoms with Crippen LogP contribution in [0.1, 0.15) is 51.5 Å². The van der Waals surface area contributed by atoms with E-state index in [-0.39, 0.29) is 17.7 Å². The van der Waals surface area contributed by atoms with E-state index in [0.29, 0.717) is 17.8 Å². The van der Waals surface area contributed by atoms with Crippen molar-refractivity contribution in [1.29, 1.82) is 0 Å². The lowest BCUT2D eigenvalue weighted by Crippen LogP contribution is -2.47. The van der Waals surface area contributed by atoms with Gasteiger partial charge in [-0.1, -0.05) is 19.8 Å². The van der Waals surface area contributed by atoms with Crippen LogP contribution in [0.25, 0.3) is 0 Å². The summed E-state index contributed by atoms with van der Waals surface area (Å²) in [5, 5.41) is 13.1. The van der Waals surface area contributed by atoms with Crippen molar-refractivity contribution in [2.75, 3.05) is 11.9 Å². The van der Waals surface area contributed by atoms with Crippen molar-refractivity contribution in [3.8, 4) is 0 Å². The smallest absolute Gasteiger partial charge is 0.293 e. The summed E-state index contributed by atoms with van der Waals surface area (Å²) in [4.78, 5) is 16.6. The van der Waals surface area contributed by atoms with E-state index in [1.807, 2.05) is 0 Å². The van der Waals surface area contributed by atoms with Crippen LogP contribution in [0, 0.1) is 5.92 Å². The van der Waals surface area contributed by atoms with E-state index in [0.717, 1.165) is 32.1 Å². The summed E-state index contributed by atoms with van der Waals surface area (Å²) in [5.41, 5.74) is -0.437. The fraction of sp³-hybridized carbons (Fsp3) is 0.733. The number of nitrogens with one attached hydrogen (secondary N) is 1. The van der Waals surface area contributed by atoms with Crippen LogP contribution in [-0.2, 0) is 0 Å². The van der Waals surface area contributed by atoms with Gasteiger partial charge in [-0.2, -0.15) is 0 Å². The van der Waals surface area contributed by atoms with Crippen molar-refractivity contribution in [3.63, 3.8) is 0 Å². The first-order chi connectivity index (χ1) is 9.63. The van der Waals surface area contributed by atoms with Crippen LogP contribution in [0.5, 0.6) is 0 Å². The van der Waals surface area contributed by atoms with Crippen LogP contribution < -0.4 is 10.9 Å². The molecule has 0 saturated heterocycles. The molecule has 2 aliphatic rings. The summed E-state index contributed by atoms with van der Waals surface area (Å²) in [6.45, 7) is 2.25. The fourth-order valence-corrected chi connectivity index (χ4v) is 3.36. The molecule has 0 amide bonds. The van der Waals surface area contributed by atoms with Gasteiger partial charge in [0.2, 0.25) is 0 Å². The molecular weight excluding hydrogens is 254 g/mol. The molecule has 2 aliphatic carbocycles. The average molecular weight is 277 g/mol. The molecule has 2 fully saturated rings. The van der Waals surface area contributed by atoms with Gasteiger partial charge in [-0.3, -0.25) is 4.79 Å². The molecule has 0 bridgehead atoms. The van der Waals surface area contributed by atoms with Crippen LogP contribution in [0.15, 0.2) is 17.2 Å². The van der Waals surface area contributed by atoms with Gasteiger partial charge >= 0.3 is 0 Å². The Kier molecular flexibility index (Phi) is 3.54. The summed E-state index contributed by atoms with van der Waals surface area (Å²) in [6.07, 6.45) is 9.66.